The Morgan fingerprint density at radius 2 is 2.05 bits per heavy atom. The maximum atomic E-state index is 12.3. The SMILES string of the molecule is CN(C)Cc1ccccc1CNC(=O)C1(C)CCCN1. The number of benzene rings is 1. The van der Waals surface area contributed by atoms with Crippen molar-refractivity contribution in [2.24, 2.45) is 0 Å². The van der Waals surface area contributed by atoms with E-state index in [1.54, 1.807) is 0 Å². The molecule has 0 aromatic heterocycles. The first-order chi connectivity index (χ1) is 9.51. The molecule has 1 aromatic carbocycles. The molecule has 1 atom stereocenters. The van der Waals surface area contributed by atoms with Crippen molar-refractivity contribution in [1.82, 2.24) is 15.5 Å². The summed E-state index contributed by atoms with van der Waals surface area (Å²) in [5.41, 5.74) is 2.06. The average Bonchev–Trinajstić information content (AvgIpc) is 2.85. The third-order valence-electron chi connectivity index (χ3n) is 3.91. The summed E-state index contributed by atoms with van der Waals surface area (Å²) in [6, 6.07) is 8.28. The molecular formula is C16H25N3O. The lowest BCUT2D eigenvalue weighted by Crippen LogP contribution is -2.50. The van der Waals surface area contributed by atoms with Gasteiger partial charge < -0.3 is 15.5 Å². The summed E-state index contributed by atoms with van der Waals surface area (Å²) >= 11 is 0. The van der Waals surface area contributed by atoms with Crippen LogP contribution in [0.2, 0.25) is 0 Å². The maximum absolute atomic E-state index is 12.3. The van der Waals surface area contributed by atoms with Crippen molar-refractivity contribution in [3.05, 3.63) is 35.4 Å². The molecule has 1 unspecified atom stereocenters. The second-order valence-corrected chi connectivity index (χ2v) is 6.05. The Bertz CT molecular complexity index is 465. The second kappa shape index (κ2) is 6.37. The minimum Gasteiger partial charge on any atom is -0.350 e. The van der Waals surface area contributed by atoms with Gasteiger partial charge in [-0.25, -0.2) is 0 Å². The third-order valence-corrected chi connectivity index (χ3v) is 3.91. The highest BCUT2D eigenvalue weighted by Gasteiger charge is 2.35. The minimum absolute atomic E-state index is 0.106. The number of nitrogens with one attached hydrogen (secondary N) is 2. The van der Waals surface area contributed by atoms with Gasteiger partial charge in [0, 0.05) is 13.1 Å². The quantitative estimate of drug-likeness (QED) is 0.856. The second-order valence-electron chi connectivity index (χ2n) is 6.05. The lowest BCUT2D eigenvalue weighted by atomic mass is 9.99. The Kier molecular flexibility index (Phi) is 4.78. The molecule has 4 nitrogen and oxygen atoms in total. The Hall–Kier alpha value is -1.39. The van der Waals surface area contributed by atoms with Crippen molar-refractivity contribution in [2.75, 3.05) is 20.6 Å². The third kappa shape index (κ3) is 3.58. The predicted octanol–water partition coefficient (Wildman–Crippen LogP) is 1.51. The van der Waals surface area contributed by atoms with Crippen LogP contribution >= 0.6 is 0 Å². The summed E-state index contributed by atoms with van der Waals surface area (Å²) in [5, 5.41) is 6.37. The van der Waals surface area contributed by atoms with Crippen molar-refractivity contribution in [3.63, 3.8) is 0 Å². The standard InChI is InChI=1S/C16H25N3O/c1-16(9-6-10-18-16)15(20)17-11-13-7-4-5-8-14(13)12-19(2)3/h4-5,7-8,18H,6,9-12H2,1-3H3,(H,17,20). The molecule has 1 aliphatic rings. The molecule has 0 bridgehead atoms. The zero-order valence-corrected chi connectivity index (χ0v) is 12.7. The molecule has 0 radical (unpaired) electrons. The molecule has 1 amide bonds. The van der Waals surface area contributed by atoms with Gasteiger partial charge in [-0.15, -0.1) is 0 Å². The van der Waals surface area contributed by atoms with Crippen molar-refractivity contribution in [2.45, 2.75) is 38.4 Å². The fourth-order valence-corrected chi connectivity index (χ4v) is 2.68. The molecule has 1 aromatic rings. The summed E-state index contributed by atoms with van der Waals surface area (Å²) < 4.78 is 0. The van der Waals surface area contributed by atoms with Gasteiger partial charge >= 0.3 is 0 Å². The largest absolute Gasteiger partial charge is 0.350 e. The van der Waals surface area contributed by atoms with Gasteiger partial charge in [0.15, 0.2) is 0 Å². The van der Waals surface area contributed by atoms with Gasteiger partial charge in [0.25, 0.3) is 0 Å². The van der Waals surface area contributed by atoms with E-state index in [-0.39, 0.29) is 5.91 Å². The highest BCUT2D eigenvalue weighted by atomic mass is 16.2. The molecule has 110 valence electrons. The van der Waals surface area contributed by atoms with Gasteiger partial charge in [-0.1, -0.05) is 24.3 Å². The first-order valence-corrected chi connectivity index (χ1v) is 7.26. The average molecular weight is 275 g/mol. The summed E-state index contributed by atoms with van der Waals surface area (Å²) in [4.78, 5) is 14.4. The fourth-order valence-electron chi connectivity index (χ4n) is 2.68. The lowest BCUT2D eigenvalue weighted by Gasteiger charge is -2.23. The first kappa shape index (κ1) is 15.0. The Morgan fingerprint density at radius 1 is 1.35 bits per heavy atom. The van der Waals surface area contributed by atoms with E-state index in [1.807, 2.05) is 19.1 Å². The minimum atomic E-state index is -0.392. The van der Waals surface area contributed by atoms with E-state index in [9.17, 15) is 4.79 Å². The number of hydrogen-bond donors (Lipinski definition) is 2. The van der Waals surface area contributed by atoms with E-state index >= 15 is 0 Å². The normalized spacial score (nSPS) is 22.2. The van der Waals surface area contributed by atoms with E-state index in [0.29, 0.717) is 6.54 Å². The smallest absolute Gasteiger partial charge is 0.240 e. The molecule has 1 fully saturated rings. The van der Waals surface area contributed by atoms with Crippen LogP contribution in [0.5, 0.6) is 0 Å². The van der Waals surface area contributed by atoms with Gasteiger partial charge in [-0.3, -0.25) is 4.79 Å². The Morgan fingerprint density at radius 3 is 2.65 bits per heavy atom. The van der Waals surface area contributed by atoms with Gasteiger partial charge in [-0.2, -0.15) is 0 Å². The van der Waals surface area contributed by atoms with E-state index < -0.39 is 5.54 Å². The van der Waals surface area contributed by atoms with Crippen LogP contribution < -0.4 is 10.6 Å². The molecule has 0 spiro atoms. The molecule has 20 heavy (non-hydrogen) atoms. The van der Waals surface area contributed by atoms with Crippen molar-refractivity contribution in [3.8, 4) is 0 Å². The summed E-state index contributed by atoms with van der Waals surface area (Å²) in [5.74, 6) is 0.106. The van der Waals surface area contributed by atoms with Crippen molar-refractivity contribution < 1.29 is 4.79 Å². The number of carbonyl (C=O) groups excluding carboxylic acids is 1. The van der Waals surface area contributed by atoms with Gasteiger partial charge in [0.05, 0.1) is 5.54 Å². The first-order valence-electron chi connectivity index (χ1n) is 7.26. The molecule has 0 aliphatic carbocycles. The molecule has 4 heteroatoms. The molecule has 0 saturated carbocycles. The summed E-state index contributed by atoms with van der Waals surface area (Å²) in [6.07, 6.45) is 1.99. The van der Waals surface area contributed by atoms with Crippen LogP contribution in [0.25, 0.3) is 0 Å². The molecular weight excluding hydrogens is 250 g/mol. The number of rotatable bonds is 5. The van der Waals surface area contributed by atoms with Gasteiger partial charge in [-0.05, 0) is 51.5 Å². The van der Waals surface area contributed by atoms with Crippen LogP contribution in [-0.2, 0) is 17.9 Å². The van der Waals surface area contributed by atoms with E-state index in [4.69, 9.17) is 0 Å². The van der Waals surface area contributed by atoms with Crippen molar-refractivity contribution >= 4 is 5.91 Å². The number of nitrogens with zero attached hydrogens (tertiary/aromatic N) is 1. The summed E-state index contributed by atoms with van der Waals surface area (Å²) in [7, 11) is 4.11. The zero-order valence-electron chi connectivity index (χ0n) is 12.7. The zero-order chi connectivity index (χ0) is 14.6. The Labute approximate surface area is 121 Å². The highest BCUT2D eigenvalue weighted by molar-refractivity contribution is 5.86. The van der Waals surface area contributed by atoms with Crippen LogP contribution in [0.1, 0.15) is 30.9 Å². The molecule has 2 N–H and O–H groups in total. The number of hydrogen-bond acceptors (Lipinski definition) is 3. The molecule has 1 heterocycles. The van der Waals surface area contributed by atoms with Gasteiger partial charge in [0.1, 0.15) is 0 Å². The molecule has 1 saturated heterocycles. The molecule has 2 rings (SSSR count). The Balaban J connectivity index is 1.98. The number of amides is 1. The maximum Gasteiger partial charge on any atom is 0.240 e. The number of carbonyl (C=O) groups is 1. The topological polar surface area (TPSA) is 44.4 Å². The molecule has 1 aliphatic heterocycles. The summed E-state index contributed by atoms with van der Waals surface area (Å²) in [6.45, 7) is 4.41. The van der Waals surface area contributed by atoms with Crippen LogP contribution in [-0.4, -0.2) is 37.0 Å². The van der Waals surface area contributed by atoms with E-state index in [2.05, 4.69) is 41.8 Å². The lowest BCUT2D eigenvalue weighted by molar-refractivity contribution is -0.126. The monoisotopic (exact) mass is 275 g/mol. The van der Waals surface area contributed by atoms with Crippen LogP contribution in [0, 0.1) is 0 Å². The fraction of sp³-hybridized carbons (Fsp3) is 0.562. The predicted molar refractivity (Wildman–Crippen MR) is 81.3 cm³/mol. The van der Waals surface area contributed by atoms with E-state index in [1.165, 1.54) is 11.1 Å². The van der Waals surface area contributed by atoms with E-state index in [0.717, 1.165) is 25.9 Å². The highest BCUT2D eigenvalue weighted by Crippen LogP contribution is 2.19. The van der Waals surface area contributed by atoms with Crippen LogP contribution in [0.3, 0.4) is 0 Å². The van der Waals surface area contributed by atoms with Gasteiger partial charge in [0.2, 0.25) is 5.91 Å². The van der Waals surface area contributed by atoms with Crippen molar-refractivity contribution in [1.29, 1.82) is 0 Å². The van der Waals surface area contributed by atoms with Crippen LogP contribution in [0.15, 0.2) is 24.3 Å². The van der Waals surface area contributed by atoms with Crippen LogP contribution in [0.4, 0.5) is 0 Å².